The molecular formula is C25H40O4. The number of ketones is 2. The molecule has 7 atom stereocenters. The van der Waals surface area contributed by atoms with Gasteiger partial charge in [0.25, 0.3) is 0 Å². The first-order valence-electron chi connectivity index (χ1n) is 11.8. The number of aliphatic hydroxyl groups is 1. The van der Waals surface area contributed by atoms with Crippen molar-refractivity contribution in [1.29, 1.82) is 0 Å². The van der Waals surface area contributed by atoms with Gasteiger partial charge in [-0.2, -0.15) is 0 Å². The van der Waals surface area contributed by atoms with Crippen LogP contribution in [0.2, 0.25) is 0 Å². The summed E-state index contributed by atoms with van der Waals surface area (Å²) in [4.78, 5) is 25.6. The van der Waals surface area contributed by atoms with Crippen LogP contribution >= 0.6 is 0 Å². The molecule has 4 aliphatic carbocycles. The van der Waals surface area contributed by atoms with E-state index in [-0.39, 0.29) is 22.4 Å². The lowest BCUT2D eigenvalue weighted by Gasteiger charge is -2.62. The number of rotatable bonds is 4. The molecule has 164 valence electrons. The zero-order valence-corrected chi connectivity index (χ0v) is 19.1. The zero-order chi connectivity index (χ0) is 21.2. The van der Waals surface area contributed by atoms with Crippen molar-refractivity contribution in [2.45, 2.75) is 91.1 Å². The van der Waals surface area contributed by atoms with Gasteiger partial charge < -0.3 is 9.84 Å². The Hall–Kier alpha value is -0.740. The summed E-state index contributed by atoms with van der Waals surface area (Å²) < 4.78 is 5.33. The lowest BCUT2D eigenvalue weighted by Crippen LogP contribution is -2.59. The Balaban J connectivity index is 1.62. The summed E-state index contributed by atoms with van der Waals surface area (Å²) in [6.07, 6.45) is 8.95. The minimum absolute atomic E-state index is 0.0932. The molecule has 0 saturated heterocycles. The van der Waals surface area contributed by atoms with Crippen LogP contribution in [0.25, 0.3) is 0 Å². The molecule has 0 radical (unpaired) electrons. The van der Waals surface area contributed by atoms with Gasteiger partial charge >= 0.3 is 0 Å². The summed E-state index contributed by atoms with van der Waals surface area (Å²) in [6.45, 7) is 8.47. The predicted octanol–water partition coefficient (Wildman–Crippen LogP) is 4.57. The molecule has 0 aromatic carbocycles. The summed E-state index contributed by atoms with van der Waals surface area (Å²) in [7, 11) is 1.68. The Morgan fingerprint density at radius 2 is 1.59 bits per heavy atom. The molecule has 0 unspecified atom stereocenters. The van der Waals surface area contributed by atoms with Crippen LogP contribution in [-0.2, 0) is 14.3 Å². The van der Waals surface area contributed by atoms with Crippen molar-refractivity contribution in [3.05, 3.63) is 0 Å². The Morgan fingerprint density at radius 3 is 2.21 bits per heavy atom. The van der Waals surface area contributed by atoms with Gasteiger partial charge in [-0.15, -0.1) is 0 Å². The first-order chi connectivity index (χ1) is 13.5. The SMILES string of the molecule is COC[C@@]1(O)CC[C@@]2(C)[C@@H](CC[C@@H]3[C@@H]2CC[C@@]2(C)[C@H]3CCC2(C(C)=O)C(C)=O)C1. The van der Waals surface area contributed by atoms with E-state index in [4.69, 9.17) is 4.74 Å². The molecule has 4 saturated carbocycles. The first-order valence-corrected chi connectivity index (χ1v) is 11.8. The largest absolute Gasteiger partial charge is 0.387 e. The minimum Gasteiger partial charge on any atom is -0.387 e. The Morgan fingerprint density at radius 1 is 0.931 bits per heavy atom. The minimum atomic E-state index is -0.758. The van der Waals surface area contributed by atoms with Crippen molar-refractivity contribution in [2.24, 2.45) is 39.9 Å². The topological polar surface area (TPSA) is 63.6 Å². The third-order valence-electron chi connectivity index (χ3n) is 10.6. The van der Waals surface area contributed by atoms with E-state index in [0.29, 0.717) is 30.3 Å². The highest BCUT2D eigenvalue weighted by molar-refractivity contribution is 6.06. The van der Waals surface area contributed by atoms with Crippen LogP contribution in [0.5, 0.6) is 0 Å². The summed E-state index contributed by atoms with van der Waals surface area (Å²) >= 11 is 0. The molecule has 1 N–H and O–H groups in total. The smallest absolute Gasteiger partial charge is 0.143 e. The maximum absolute atomic E-state index is 12.8. The van der Waals surface area contributed by atoms with Crippen molar-refractivity contribution in [3.8, 4) is 0 Å². The van der Waals surface area contributed by atoms with Crippen LogP contribution in [0.15, 0.2) is 0 Å². The zero-order valence-electron chi connectivity index (χ0n) is 19.1. The van der Waals surface area contributed by atoms with E-state index < -0.39 is 11.0 Å². The van der Waals surface area contributed by atoms with Crippen LogP contribution in [0.3, 0.4) is 0 Å². The standard InChI is InChI=1S/C25H40O4/c1-16(26)25(17(2)27)11-9-21-19-7-6-18-14-24(28,15-29-5)13-12-22(18,3)20(19)8-10-23(21,25)4/h18-21,28H,6-15H2,1-5H3/t18-,19+,20-,21-,22-,23-,24+/m0/s1. The fourth-order valence-corrected chi connectivity index (χ4v) is 9.17. The second-order valence-corrected chi connectivity index (χ2v) is 11.5. The highest BCUT2D eigenvalue weighted by atomic mass is 16.5. The molecule has 4 nitrogen and oxygen atoms in total. The number of carbonyl (C=O) groups is 2. The quantitative estimate of drug-likeness (QED) is 0.697. The molecule has 29 heavy (non-hydrogen) atoms. The second-order valence-electron chi connectivity index (χ2n) is 11.5. The number of hydrogen-bond donors (Lipinski definition) is 1. The molecule has 0 aromatic rings. The number of Topliss-reactive ketones (excluding diaryl/α,β-unsaturated/α-hetero) is 2. The van der Waals surface area contributed by atoms with Crippen molar-refractivity contribution in [1.82, 2.24) is 0 Å². The number of methoxy groups -OCH3 is 1. The van der Waals surface area contributed by atoms with Gasteiger partial charge in [-0.25, -0.2) is 0 Å². The molecule has 0 bridgehead atoms. The molecule has 0 amide bonds. The predicted molar refractivity (Wildman–Crippen MR) is 112 cm³/mol. The van der Waals surface area contributed by atoms with Gasteiger partial charge in [-0.1, -0.05) is 13.8 Å². The fourth-order valence-electron chi connectivity index (χ4n) is 9.17. The average molecular weight is 405 g/mol. The first kappa shape index (κ1) is 21.5. The van der Waals surface area contributed by atoms with Crippen LogP contribution in [0.1, 0.15) is 85.5 Å². The monoisotopic (exact) mass is 404 g/mol. The number of ether oxygens (including phenoxy) is 1. The molecule has 0 spiro atoms. The highest BCUT2D eigenvalue weighted by Crippen LogP contribution is 2.71. The number of carbonyl (C=O) groups excluding carboxylic acids is 2. The van der Waals surface area contributed by atoms with Gasteiger partial charge in [-0.05, 0) is 106 Å². The molecule has 0 heterocycles. The third kappa shape index (κ3) is 2.77. The Bertz CT molecular complexity index is 687. The lowest BCUT2D eigenvalue weighted by molar-refractivity contribution is -0.173. The van der Waals surface area contributed by atoms with Gasteiger partial charge in [0.15, 0.2) is 0 Å². The Labute approximate surface area is 176 Å². The van der Waals surface area contributed by atoms with Crippen LogP contribution < -0.4 is 0 Å². The summed E-state index contributed by atoms with van der Waals surface area (Å²) in [5.41, 5.74) is -1.34. The van der Waals surface area contributed by atoms with Crippen molar-refractivity contribution in [3.63, 3.8) is 0 Å². The molecule has 4 fully saturated rings. The van der Waals surface area contributed by atoms with E-state index >= 15 is 0 Å². The Kier molecular flexibility index (Phi) is 5.10. The van der Waals surface area contributed by atoms with Gasteiger partial charge in [-0.3, -0.25) is 9.59 Å². The van der Waals surface area contributed by atoms with Crippen LogP contribution in [-0.4, -0.2) is 36.0 Å². The van der Waals surface area contributed by atoms with Crippen LogP contribution in [0, 0.1) is 39.9 Å². The highest BCUT2D eigenvalue weighted by Gasteiger charge is 2.68. The maximum Gasteiger partial charge on any atom is 0.143 e. The molecule has 4 aliphatic rings. The molecule has 4 heteroatoms. The van der Waals surface area contributed by atoms with Gasteiger partial charge in [0.05, 0.1) is 17.6 Å². The van der Waals surface area contributed by atoms with Crippen molar-refractivity contribution in [2.75, 3.05) is 13.7 Å². The van der Waals surface area contributed by atoms with Gasteiger partial charge in [0.2, 0.25) is 0 Å². The third-order valence-corrected chi connectivity index (χ3v) is 10.6. The van der Waals surface area contributed by atoms with E-state index in [1.807, 2.05) is 0 Å². The molecule has 0 aromatic heterocycles. The fraction of sp³-hybridized carbons (Fsp3) is 0.920. The summed E-state index contributed by atoms with van der Waals surface area (Å²) in [6, 6.07) is 0. The van der Waals surface area contributed by atoms with Crippen LogP contribution in [0.4, 0.5) is 0 Å². The molecular weight excluding hydrogens is 364 g/mol. The maximum atomic E-state index is 12.8. The van der Waals surface area contributed by atoms with E-state index in [9.17, 15) is 14.7 Å². The summed E-state index contributed by atoms with van der Waals surface area (Å²) in [5, 5.41) is 11.0. The number of hydrogen-bond acceptors (Lipinski definition) is 4. The van der Waals surface area contributed by atoms with E-state index in [0.717, 1.165) is 51.4 Å². The second kappa shape index (κ2) is 6.88. The van der Waals surface area contributed by atoms with E-state index in [1.165, 1.54) is 6.42 Å². The van der Waals surface area contributed by atoms with Crippen molar-refractivity contribution < 1.29 is 19.4 Å². The van der Waals surface area contributed by atoms with E-state index in [1.54, 1.807) is 21.0 Å². The normalized spacial score (nSPS) is 48.3. The lowest BCUT2D eigenvalue weighted by atomic mass is 9.42. The van der Waals surface area contributed by atoms with E-state index in [2.05, 4.69) is 13.8 Å². The number of fused-ring (bicyclic) bond motifs is 5. The molecule has 0 aliphatic heterocycles. The van der Waals surface area contributed by atoms with Crippen molar-refractivity contribution >= 4 is 11.6 Å². The van der Waals surface area contributed by atoms with Gasteiger partial charge in [0.1, 0.15) is 11.6 Å². The summed E-state index contributed by atoms with van der Waals surface area (Å²) in [5.74, 6) is 2.48. The molecule has 4 rings (SSSR count). The average Bonchev–Trinajstić information content (AvgIpc) is 2.97. The van der Waals surface area contributed by atoms with Gasteiger partial charge in [0, 0.05) is 7.11 Å².